The number of Topliss-reactive ketones (excluding diaryl/α,β-unsaturated/α-hetero) is 1. The van der Waals surface area contributed by atoms with E-state index in [4.69, 9.17) is 20.8 Å². The van der Waals surface area contributed by atoms with Crippen LogP contribution in [0.2, 0.25) is 5.02 Å². The second kappa shape index (κ2) is 8.71. The smallest absolute Gasteiger partial charge is 0.290 e. The average Bonchev–Trinajstić information content (AvgIpc) is 3.27. The maximum Gasteiger partial charge on any atom is 0.290 e. The van der Waals surface area contributed by atoms with Gasteiger partial charge in [0, 0.05) is 17.0 Å². The molecule has 3 aromatic rings. The number of fused-ring (bicyclic) bond motifs is 1. The Morgan fingerprint density at radius 2 is 2.00 bits per heavy atom. The van der Waals surface area contributed by atoms with Crippen LogP contribution in [-0.4, -0.2) is 34.3 Å². The number of ketones is 1. The van der Waals surface area contributed by atoms with Gasteiger partial charge in [0.05, 0.1) is 17.7 Å². The topological polar surface area (TPSA) is 80.0 Å². The van der Waals surface area contributed by atoms with Gasteiger partial charge in [0.1, 0.15) is 11.3 Å². The summed E-state index contributed by atoms with van der Waals surface area (Å²) in [7, 11) is 0. The summed E-state index contributed by atoms with van der Waals surface area (Å²) in [6, 6.07) is 13.1. The number of halogens is 1. The normalized spacial score (nSPS) is 16.5. The van der Waals surface area contributed by atoms with Gasteiger partial charge in [-0.15, -0.1) is 0 Å². The number of amides is 1. The Hall–Kier alpha value is -3.25. The quantitative estimate of drug-likeness (QED) is 0.453. The molecule has 0 saturated heterocycles. The van der Waals surface area contributed by atoms with Crippen LogP contribution in [-0.2, 0) is 4.79 Å². The molecular weight excluding hydrogens is 430 g/mol. The van der Waals surface area contributed by atoms with Crippen LogP contribution in [0.4, 0.5) is 0 Å². The zero-order chi connectivity index (χ0) is 23.0. The van der Waals surface area contributed by atoms with Crippen molar-refractivity contribution in [3.8, 4) is 5.75 Å². The highest BCUT2D eigenvalue weighted by Crippen LogP contribution is 2.40. The van der Waals surface area contributed by atoms with Crippen LogP contribution in [0.15, 0.2) is 64.3 Å². The fraction of sp³-hybridized carbons (Fsp3) is 0.280. The lowest BCUT2D eigenvalue weighted by molar-refractivity contribution is -0.129. The first-order valence-corrected chi connectivity index (χ1v) is 10.9. The number of rotatable bonds is 7. The van der Waals surface area contributed by atoms with E-state index in [1.807, 2.05) is 39.0 Å². The van der Waals surface area contributed by atoms with Gasteiger partial charge in [-0.05, 0) is 62.2 Å². The summed E-state index contributed by atoms with van der Waals surface area (Å²) < 4.78 is 11.5. The van der Waals surface area contributed by atoms with Crippen molar-refractivity contribution in [3.05, 3.63) is 76.2 Å². The predicted molar refractivity (Wildman–Crippen MR) is 122 cm³/mol. The van der Waals surface area contributed by atoms with Crippen molar-refractivity contribution in [1.29, 1.82) is 0 Å². The van der Waals surface area contributed by atoms with E-state index in [2.05, 4.69) is 0 Å². The molecule has 1 aliphatic rings. The molecule has 0 aliphatic carbocycles. The van der Waals surface area contributed by atoms with Gasteiger partial charge in [0.15, 0.2) is 11.5 Å². The molecule has 0 fully saturated rings. The minimum atomic E-state index is -0.748. The van der Waals surface area contributed by atoms with Crippen LogP contribution in [0, 0.1) is 0 Å². The Kier molecular flexibility index (Phi) is 5.98. The van der Waals surface area contributed by atoms with Crippen molar-refractivity contribution in [1.82, 2.24) is 4.90 Å². The summed E-state index contributed by atoms with van der Waals surface area (Å²) in [5.74, 6) is -1.01. The molecule has 1 aliphatic heterocycles. The second-order valence-corrected chi connectivity index (χ2v) is 8.46. The largest absolute Gasteiger partial charge is 0.503 e. The highest BCUT2D eigenvalue weighted by molar-refractivity contribution is 6.31. The zero-order valence-electron chi connectivity index (χ0n) is 18.1. The summed E-state index contributed by atoms with van der Waals surface area (Å²) >= 11 is 6.05. The molecule has 2 heterocycles. The van der Waals surface area contributed by atoms with Crippen LogP contribution in [0.5, 0.6) is 5.75 Å². The molecule has 0 bridgehead atoms. The van der Waals surface area contributed by atoms with Gasteiger partial charge in [0.2, 0.25) is 5.78 Å². The van der Waals surface area contributed by atoms with Gasteiger partial charge in [-0.3, -0.25) is 9.59 Å². The molecule has 32 heavy (non-hydrogen) atoms. The summed E-state index contributed by atoms with van der Waals surface area (Å²) in [5.41, 5.74) is 1.17. The number of aliphatic hydroxyl groups is 1. The summed E-state index contributed by atoms with van der Waals surface area (Å²) in [4.78, 5) is 27.9. The molecule has 0 radical (unpaired) electrons. The molecule has 0 saturated carbocycles. The third-order valence-corrected chi connectivity index (χ3v) is 5.50. The van der Waals surface area contributed by atoms with E-state index in [0.29, 0.717) is 40.3 Å². The Bertz CT molecular complexity index is 1230. The lowest BCUT2D eigenvalue weighted by Gasteiger charge is -2.26. The highest BCUT2D eigenvalue weighted by Gasteiger charge is 2.44. The first kappa shape index (κ1) is 22.0. The molecular formula is C25H24ClNO5. The molecule has 6 nitrogen and oxygen atoms in total. The molecule has 1 unspecified atom stereocenters. The van der Waals surface area contributed by atoms with Crippen LogP contribution >= 0.6 is 11.6 Å². The number of ether oxygens (including phenoxy) is 1. The molecule has 2 aromatic carbocycles. The number of aliphatic hydroxyl groups excluding tert-OH is 1. The number of benzene rings is 2. The first-order chi connectivity index (χ1) is 15.3. The monoisotopic (exact) mass is 453 g/mol. The Labute approximate surface area is 191 Å². The SMILES string of the molecule is CCCN1C(=O)C(O)=C(C(=O)c2cc3cc(Cl)ccc3o2)C1c1cccc(OC(C)C)c1. The van der Waals surface area contributed by atoms with Crippen molar-refractivity contribution in [2.45, 2.75) is 39.3 Å². The maximum atomic E-state index is 13.5. The lowest BCUT2D eigenvalue weighted by Crippen LogP contribution is -2.31. The van der Waals surface area contributed by atoms with Crippen molar-refractivity contribution in [2.24, 2.45) is 0 Å². The summed E-state index contributed by atoms with van der Waals surface area (Å²) in [6.45, 7) is 6.16. The van der Waals surface area contributed by atoms with Gasteiger partial charge < -0.3 is 19.2 Å². The Balaban J connectivity index is 1.80. The second-order valence-electron chi connectivity index (χ2n) is 8.02. The highest BCUT2D eigenvalue weighted by atomic mass is 35.5. The van der Waals surface area contributed by atoms with E-state index >= 15 is 0 Å². The van der Waals surface area contributed by atoms with Crippen LogP contribution in [0.3, 0.4) is 0 Å². The lowest BCUT2D eigenvalue weighted by atomic mass is 9.94. The minimum Gasteiger partial charge on any atom is -0.503 e. The van der Waals surface area contributed by atoms with Gasteiger partial charge in [-0.1, -0.05) is 30.7 Å². The number of hydrogen-bond donors (Lipinski definition) is 1. The fourth-order valence-electron chi connectivity index (χ4n) is 3.99. The van der Waals surface area contributed by atoms with Crippen LogP contribution in [0.25, 0.3) is 11.0 Å². The van der Waals surface area contributed by atoms with Crippen molar-refractivity contribution in [2.75, 3.05) is 6.54 Å². The molecule has 1 aromatic heterocycles. The number of carbonyl (C=O) groups excluding carboxylic acids is 2. The number of furan rings is 1. The molecule has 0 spiro atoms. The summed E-state index contributed by atoms with van der Waals surface area (Å²) in [6.07, 6.45) is 0.636. The summed E-state index contributed by atoms with van der Waals surface area (Å²) in [5, 5.41) is 11.9. The third-order valence-electron chi connectivity index (χ3n) is 5.26. The van der Waals surface area contributed by atoms with Crippen molar-refractivity contribution >= 4 is 34.3 Å². The van der Waals surface area contributed by atoms with Gasteiger partial charge in [0.25, 0.3) is 5.91 Å². The Morgan fingerprint density at radius 3 is 2.72 bits per heavy atom. The van der Waals surface area contributed by atoms with Gasteiger partial charge in [-0.25, -0.2) is 0 Å². The molecule has 166 valence electrons. The third kappa shape index (κ3) is 3.98. The fourth-order valence-corrected chi connectivity index (χ4v) is 4.17. The van der Waals surface area contributed by atoms with Crippen molar-refractivity contribution in [3.63, 3.8) is 0 Å². The van der Waals surface area contributed by atoms with E-state index < -0.39 is 23.5 Å². The van der Waals surface area contributed by atoms with E-state index in [-0.39, 0.29) is 17.4 Å². The average molecular weight is 454 g/mol. The van der Waals surface area contributed by atoms with E-state index in [9.17, 15) is 14.7 Å². The molecule has 1 amide bonds. The zero-order valence-corrected chi connectivity index (χ0v) is 18.8. The Morgan fingerprint density at radius 1 is 1.22 bits per heavy atom. The molecule has 7 heteroatoms. The van der Waals surface area contributed by atoms with Gasteiger partial charge in [-0.2, -0.15) is 0 Å². The molecule has 4 rings (SSSR count). The van der Waals surface area contributed by atoms with E-state index in [1.165, 1.54) is 4.90 Å². The molecule has 1 atom stereocenters. The van der Waals surface area contributed by atoms with E-state index in [1.54, 1.807) is 30.3 Å². The number of carbonyl (C=O) groups is 2. The number of nitrogens with zero attached hydrogens (tertiary/aromatic N) is 1. The predicted octanol–water partition coefficient (Wildman–Crippen LogP) is 5.86. The van der Waals surface area contributed by atoms with Crippen molar-refractivity contribution < 1.29 is 23.8 Å². The van der Waals surface area contributed by atoms with Crippen LogP contribution in [0.1, 0.15) is 49.4 Å². The minimum absolute atomic E-state index is 0.00435. The maximum absolute atomic E-state index is 13.5. The standard InChI is InChI=1S/C25H24ClNO5/c1-4-10-27-22(15-6-5-7-18(12-15)31-14(2)3)21(24(29)25(27)30)23(28)20-13-16-11-17(26)8-9-19(16)32-20/h5-9,11-14,22,29H,4,10H2,1-3H3. The van der Waals surface area contributed by atoms with Crippen LogP contribution < -0.4 is 4.74 Å². The first-order valence-electron chi connectivity index (χ1n) is 10.5. The van der Waals surface area contributed by atoms with Gasteiger partial charge >= 0.3 is 0 Å². The van der Waals surface area contributed by atoms with E-state index in [0.717, 1.165) is 0 Å². The number of hydrogen-bond acceptors (Lipinski definition) is 5. The molecule has 1 N–H and O–H groups in total.